The molecule has 0 saturated carbocycles. The first kappa shape index (κ1) is 24.4. The maximum absolute atomic E-state index is 13.7. The van der Waals surface area contributed by atoms with Crippen LogP contribution in [0.5, 0.6) is 0 Å². The summed E-state index contributed by atoms with van der Waals surface area (Å²) in [6.07, 6.45) is 4.56. The minimum absolute atomic E-state index is 0.0627. The van der Waals surface area contributed by atoms with Crippen molar-refractivity contribution in [2.75, 3.05) is 13.2 Å². The third-order valence-electron chi connectivity index (χ3n) is 7.35. The summed E-state index contributed by atoms with van der Waals surface area (Å²) >= 11 is 0. The molecule has 2 atom stereocenters. The van der Waals surface area contributed by atoms with Gasteiger partial charge in [-0.3, -0.25) is 9.69 Å². The van der Waals surface area contributed by atoms with Gasteiger partial charge in [-0.05, 0) is 79.6 Å². The van der Waals surface area contributed by atoms with E-state index in [1.807, 2.05) is 48.0 Å². The summed E-state index contributed by atoms with van der Waals surface area (Å²) in [7, 11) is 0. The molecule has 4 aromatic rings. The van der Waals surface area contributed by atoms with E-state index in [9.17, 15) is 4.79 Å². The van der Waals surface area contributed by atoms with E-state index in [4.69, 9.17) is 9.15 Å². The second-order valence-electron chi connectivity index (χ2n) is 10.3. The molecule has 4 heterocycles. The topological polar surface area (TPSA) is 102 Å². The van der Waals surface area contributed by atoms with E-state index in [0.29, 0.717) is 24.5 Å². The lowest BCUT2D eigenvalue weighted by molar-refractivity contribution is 0.0534. The minimum atomic E-state index is -0.506. The zero-order valence-corrected chi connectivity index (χ0v) is 21.4. The van der Waals surface area contributed by atoms with Gasteiger partial charge in [0, 0.05) is 18.7 Å². The van der Waals surface area contributed by atoms with E-state index in [1.54, 1.807) is 6.26 Å². The smallest absolute Gasteiger partial charge is 0.253 e. The predicted octanol–water partition coefficient (Wildman–Crippen LogP) is 4.33. The number of benzene rings is 1. The molecule has 1 aliphatic heterocycles. The van der Waals surface area contributed by atoms with E-state index in [2.05, 4.69) is 46.2 Å². The third-order valence-corrected chi connectivity index (χ3v) is 7.35. The Bertz CT molecular complexity index is 1370. The van der Waals surface area contributed by atoms with Gasteiger partial charge in [0.05, 0.1) is 30.0 Å². The van der Waals surface area contributed by atoms with E-state index < -0.39 is 6.04 Å². The van der Waals surface area contributed by atoms with Gasteiger partial charge in [0.1, 0.15) is 11.8 Å². The zero-order chi connectivity index (χ0) is 25.3. The van der Waals surface area contributed by atoms with Crippen molar-refractivity contribution in [3.05, 3.63) is 75.7 Å². The number of ether oxygens (including phenoxy) is 1. The number of aryl methyl sites for hydroxylation is 1. The number of tetrazole rings is 1. The van der Waals surface area contributed by atoms with Crippen LogP contribution in [0.15, 0.2) is 51.9 Å². The number of hydrogen-bond acceptors (Lipinski definition) is 7. The van der Waals surface area contributed by atoms with Gasteiger partial charge >= 0.3 is 0 Å². The Morgan fingerprint density at radius 3 is 2.86 bits per heavy atom. The summed E-state index contributed by atoms with van der Waals surface area (Å²) in [5.41, 5.74) is 1.98. The number of aromatic amines is 1. The largest absolute Gasteiger partial charge is 0.468 e. The van der Waals surface area contributed by atoms with Crippen LogP contribution in [0.1, 0.15) is 68.8 Å². The maximum atomic E-state index is 13.7. The summed E-state index contributed by atoms with van der Waals surface area (Å²) in [6.45, 7) is 10.2. The molecule has 0 aliphatic carbocycles. The van der Waals surface area contributed by atoms with Gasteiger partial charge in [0.25, 0.3) is 5.56 Å². The quantitative estimate of drug-likeness (QED) is 0.372. The van der Waals surface area contributed by atoms with E-state index in [-0.39, 0.29) is 17.2 Å². The SMILES string of the molecule is CCC(C)(C)n1nnnc1[C@@H](c1cc2cccc(C)c2[nH]c1=O)N(Cc1ccco1)C[C@H]1CCCO1. The molecule has 1 saturated heterocycles. The molecule has 9 nitrogen and oxygen atoms in total. The standard InChI is InChI=1S/C27H34N6O3/c1-5-27(3,4)33-25(29-30-31-33)24(22-15-19-10-6-9-18(2)23(19)28-26(22)34)32(16-20-11-7-13-35-20)17-21-12-8-14-36-21/h6-7,9-11,13,15,21,24H,5,8,12,14,16-17H2,1-4H3,(H,28,34)/t21-,24-/m1/s1. The first-order chi connectivity index (χ1) is 17.4. The normalized spacial score (nSPS) is 17.3. The number of pyridine rings is 1. The van der Waals surface area contributed by atoms with Gasteiger partial charge in [-0.1, -0.05) is 25.1 Å². The van der Waals surface area contributed by atoms with Crippen molar-refractivity contribution >= 4 is 10.9 Å². The fourth-order valence-corrected chi connectivity index (χ4v) is 4.96. The number of hydrogen-bond donors (Lipinski definition) is 1. The summed E-state index contributed by atoms with van der Waals surface area (Å²) < 4.78 is 13.6. The summed E-state index contributed by atoms with van der Waals surface area (Å²) in [5.74, 6) is 1.43. The minimum Gasteiger partial charge on any atom is -0.468 e. The fraction of sp³-hybridized carbons (Fsp3) is 0.481. The molecule has 1 aliphatic rings. The molecule has 0 radical (unpaired) electrons. The van der Waals surface area contributed by atoms with E-state index in [0.717, 1.165) is 48.1 Å². The third kappa shape index (κ3) is 4.73. The van der Waals surface area contributed by atoms with Crippen molar-refractivity contribution in [1.29, 1.82) is 0 Å². The summed E-state index contributed by atoms with van der Waals surface area (Å²) in [6, 6.07) is 11.3. The van der Waals surface area contributed by atoms with Gasteiger partial charge in [-0.15, -0.1) is 5.10 Å². The molecular formula is C27H34N6O3. The number of para-hydroxylation sites is 1. The van der Waals surface area contributed by atoms with Crippen molar-refractivity contribution in [3.63, 3.8) is 0 Å². The van der Waals surface area contributed by atoms with Crippen molar-refractivity contribution < 1.29 is 9.15 Å². The molecule has 9 heteroatoms. The van der Waals surface area contributed by atoms with Gasteiger partial charge in [-0.25, -0.2) is 4.68 Å². The van der Waals surface area contributed by atoms with Crippen LogP contribution in [0.2, 0.25) is 0 Å². The number of H-pyrrole nitrogens is 1. The van der Waals surface area contributed by atoms with Crippen molar-refractivity contribution in [1.82, 2.24) is 30.1 Å². The van der Waals surface area contributed by atoms with Crippen LogP contribution in [-0.2, 0) is 16.8 Å². The molecule has 1 aromatic carbocycles. The average Bonchev–Trinajstić information content (AvgIpc) is 3.64. The highest BCUT2D eigenvalue weighted by Crippen LogP contribution is 2.33. The van der Waals surface area contributed by atoms with Crippen molar-refractivity contribution in [2.24, 2.45) is 0 Å². The number of aromatic nitrogens is 5. The maximum Gasteiger partial charge on any atom is 0.253 e. The Morgan fingerprint density at radius 1 is 1.28 bits per heavy atom. The lowest BCUT2D eigenvalue weighted by Crippen LogP contribution is -2.41. The van der Waals surface area contributed by atoms with E-state index >= 15 is 0 Å². The van der Waals surface area contributed by atoms with Crippen LogP contribution >= 0.6 is 0 Å². The average molecular weight is 491 g/mol. The van der Waals surface area contributed by atoms with Crippen LogP contribution in [-0.4, -0.2) is 49.3 Å². The second kappa shape index (κ2) is 9.99. The molecule has 3 aromatic heterocycles. The molecular weight excluding hydrogens is 456 g/mol. The van der Waals surface area contributed by atoms with Crippen LogP contribution in [0, 0.1) is 6.92 Å². The van der Waals surface area contributed by atoms with Gasteiger partial charge in [-0.2, -0.15) is 0 Å². The fourth-order valence-electron chi connectivity index (χ4n) is 4.96. The lowest BCUT2D eigenvalue weighted by Gasteiger charge is -2.34. The Morgan fingerprint density at radius 2 is 2.14 bits per heavy atom. The molecule has 1 fully saturated rings. The molecule has 1 N–H and O–H groups in total. The molecule has 0 amide bonds. The molecule has 0 bridgehead atoms. The van der Waals surface area contributed by atoms with Gasteiger partial charge in [0.2, 0.25) is 0 Å². The first-order valence-electron chi connectivity index (χ1n) is 12.7. The second-order valence-corrected chi connectivity index (χ2v) is 10.3. The predicted molar refractivity (Wildman–Crippen MR) is 137 cm³/mol. The van der Waals surface area contributed by atoms with Gasteiger partial charge in [0.15, 0.2) is 5.82 Å². The first-order valence-corrected chi connectivity index (χ1v) is 12.7. The van der Waals surface area contributed by atoms with Crippen LogP contribution < -0.4 is 5.56 Å². The van der Waals surface area contributed by atoms with Crippen molar-refractivity contribution in [3.8, 4) is 0 Å². The lowest BCUT2D eigenvalue weighted by atomic mass is 9.98. The Labute approximate surface area is 210 Å². The number of nitrogens with one attached hydrogen (secondary N) is 1. The molecule has 190 valence electrons. The Hall–Kier alpha value is -3.30. The zero-order valence-electron chi connectivity index (χ0n) is 21.4. The van der Waals surface area contributed by atoms with Crippen molar-refractivity contribution in [2.45, 2.75) is 71.2 Å². The molecule has 36 heavy (non-hydrogen) atoms. The number of rotatable bonds is 9. The highest BCUT2D eigenvalue weighted by atomic mass is 16.5. The monoisotopic (exact) mass is 490 g/mol. The number of nitrogens with zero attached hydrogens (tertiary/aromatic N) is 5. The number of furan rings is 1. The van der Waals surface area contributed by atoms with E-state index in [1.165, 1.54) is 0 Å². The van der Waals surface area contributed by atoms with Crippen LogP contribution in [0.4, 0.5) is 0 Å². The summed E-state index contributed by atoms with van der Waals surface area (Å²) in [4.78, 5) is 19.0. The molecule has 0 unspecified atom stereocenters. The Balaban J connectivity index is 1.70. The molecule has 0 spiro atoms. The Kier molecular flexibility index (Phi) is 6.77. The number of fused-ring (bicyclic) bond motifs is 1. The highest BCUT2D eigenvalue weighted by molar-refractivity contribution is 5.82. The molecule has 5 rings (SSSR count). The highest BCUT2D eigenvalue weighted by Gasteiger charge is 2.36. The van der Waals surface area contributed by atoms with Crippen LogP contribution in [0.3, 0.4) is 0 Å². The van der Waals surface area contributed by atoms with Crippen LogP contribution in [0.25, 0.3) is 10.9 Å². The summed E-state index contributed by atoms with van der Waals surface area (Å²) in [5, 5.41) is 13.9. The van der Waals surface area contributed by atoms with Gasteiger partial charge < -0.3 is 14.1 Å².